The topological polar surface area (TPSA) is 76.1 Å². The van der Waals surface area contributed by atoms with Gasteiger partial charge in [0.25, 0.3) is 0 Å². The van der Waals surface area contributed by atoms with E-state index >= 15 is 0 Å². The van der Waals surface area contributed by atoms with Crippen molar-refractivity contribution < 1.29 is 24.2 Å². The Hall–Kier alpha value is -2.02. The van der Waals surface area contributed by atoms with E-state index in [0.717, 1.165) is 23.7 Å². The lowest BCUT2D eigenvalue weighted by atomic mass is 9.75. The predicted octanol–water partition coefficient (Wildman–Crippen LogP) is 6.95. The van der Waals surface area contributed by atoms with Gasteiger partial charge in [-0.15, -0.1) is 0 Å². The number of halogens is 1. The van der Waals surface area contributed by atoms with Gasteiger partial charge in [-0.2, -0.15) is 0 Å². The Balaban J connectivity index is 1.97. The first-order chi connectivity index (χ1) is 15.9. The molecule has 0 saturated heterocycles. The molecule has 0 bridgehead atoms. The number of ether oxygens (including phenoxy) is 2. The number of aliphatic hydroxyl groups excluding tert-OH is 1. The van der Waals surface area contributed by atoms with Crippen molar-refractivity contribution >= 4 is 28.0 Å². The third-order valence-corrected chi connectivity index (χ3v) is 7.27. The average molecular weight is 537 g/mol. The Morgan fingerprint density at radius 2 is 1.79 bits per heavy atom. The molecule has 1 N–H and O–H groups in total. The van der Waals surface area contributed by atoms with E-state index in [1.165, 1.54) is 4.90 Å². The number of aliphatic hydroxyl groups is 1. The van der Waals surface area contributed by atoms with Gasteiger partial charge >= 0.3 is 12.1 Å². The largest absolute Gasteiger partial charge is 0.512 e. The first-order valence-electron chi connectivity index (χ1n) is 12.3. The van der Waals surface area contributed by atoms with E-state index in [0.29, 0.717) is 17.4 Å². The summed E-state index contributed by atoms with van der Waals surface area (Å²) in [4.78, 5) is 28.3. The van der Waals surface area contributed by atoms with Gasteiger partial charge in [0.05, 0.1) is 6.04 Å². The molecule has 2 aliphatic rings. The molecule has 1 amide bonds. The summed E-state index contributed by atoms with van der Waals surface area (Å²) in [6.45, 7) is 12.2. The van der Waals surface area contributed by atoms with Crippen molar-refractivity contribution in [1.29, 1.82) is 0 Å². The number of carbonyl (C=O) groups is 2. The number of rotatable bonds is 4. The number of amides is 1. The maximum absolute atomic E-state index is 13.6. The van der Waals surface area contributed by atoms with Crippen LogP contribution in [0.25, 0.3) is 0 Å². The zero-order chi connectivity index (χ0) is 25.2. The van der Waals surface area contributed by atoms with Crippen LogP contribution in [0, 0.1) is 17.8 Å². The molecule has 34 heavy (non-hydrogen) atoms. The standard InChI is InChI=1S/C27H38BrNO5/c1-16(2)20-12-7-17(3)15-22(20)33-25(31)23-21(30)13-14-29(26(32)34-27(4,5)6)24(23)18-8-10-19(28)11-9-18/h8-11,16-17,20,22,24,30H,7,12-15H2,1-6H3/t17-,20+,22-,24-/m1/s1. The smallest absolute Gasteiger partial charge is 0.411 e. The van der Waals surface area contributed by atoms with Gasteiger partial charge < -0.3 is 14.6 Å². The lowest BCUT2D eigenvalue weighted by Crippen LogP contribution is -2.45. The van der Waals surface area contributed by atoms with E-state index in [1.807, 2.05) is 45.0 Å². The fourth-order valence-electron chi connectivity index (χ4n) is 4.99. The molecule has 7 heteroatoms. The van der Waals surface area contributed by atoms with Crippen LogP contribution < -0.4 is 0 Å². The number of hydrogen-bond donors (Lipinski definition) is 1. The number of carbonyl (C=O) groups excluding carboxylic acids is 2. The molecule has 188 valence electrons. The Bertz CT molecular complexity index is 918. The molecule has 1 aromatic carbocycles. The molecule has 0 spiro atoms. The molecule has 1 saturated carbocycles. The van der Waals surface area contributed by atoms with Crippen molar-refractivity contribution in [2.45, 2.75) is 85.0 Å². The van der Waals surface area contributed by atoms with Crippen LogP contribution >= 0.6 is 15.9 Å². The van der Waals surface area contributed by atoms with Crippen LogP contribution in [0.15, 0.2) is 40.1 Å². The lowest BCUT2D eigenvalue weighted by molar-refractivity contribution is -0.152. The van der Waals surface area contributed by atoms with Crippen LogP contribution in [0.2, 0.25) is 0 Å². The average Bonchev–Trinajstić information content (AvgIpc) is 2.72. The van der Waals surface area contributed by atoms with E-state index in [1.54, 1.807) is 0 Å². The summed E-state index contributed by atoms with van der Waals surface area (Å²) in [7, 11) is 0. The second-order valence-corrected chi connectivity index (χ2v) is 11.9. The van der Waals surface area contributed by atoms with Gasteiger partial charge in [0.15, 0.2) is 0 Å². The van der Waals surface area contributed by atoms with Crippen LogP contribution in [0.3, 0.4) is 0 Å². The van der Waals surface area contributed by atoms with Gasteiger partial charge in [-0.3, -0.25) is 4.90 Å². The summed E-state index contributed by atoms with van der Waals surface area (Å²) in [5.74, 6) is 0.563. The van der Waals surface area contributed by atoms with Crippen LogP contribution in [0.4, 0.5) is 4.79 Å². The van der Waals surface area contributed by atoms with Crippen molar-refractivity contribution in [2.75, 3.05) is 6.54 Å². The highest BCUT2D eigenvalue weighted by atomic mass is 79.9. The highest BCUT2D eigenvalue weighted by Gasteiger charge is 2.42. The maximum Gasteiger partial charge on any atom is 0.411 e. The Morgan fingerprint density at radius 3 is 2.38 bits per heavy atom. The van der Waals surface area contributed by atoms with E-state index in [2.05, 4.69) is 36.7 Å². The molecule has 1 aliphatic carbocycles. The second-order valence-electron chi connectivity index (χ2n) is 11.0. The lowest BCUT2D eigenvalue weighted by Gasteiger charge is -2.40. The minimum absolute atomic E-state index is 0.0253. The van der Waals surface area contributed by atoms with Crippen LogP contribution in [0.5, 0.6) is 0 Å². The van der Waals surface area contributed by atoms with Crippen molar-refractivity contribution in [3.05, 3.63) is 45.6 Å². The van der Waals surface area contributed by atoms with E-state index in [4.69, 9.17) is 9.47 Å². The summed E-state index contributed by atoms with van der Waals surface area (Å²) >= 11 is 3.44. The molecule has 0 aromatic heterocycles. The minimum Gasteiger partial charge on any atom is -0.512 e. The van der Waals surface area contributed by atoms with E-state index in [9.17, 15) is 14.7 Å². The fraction of sp³-hybridized carbons (Fsp3) is 0.630. The maximum atomic E-state index is 13.6. The second kappa shape index (κ2) is 10.7. The normalized spacial score (nSPS) is 25.9. The Labute approximate surface area is 211 Å². The quantitative estimate of drug-likeness (QED) is 0.422. The van der Waals surface area contributed by atoms with Gasteiger partial charge in [-0.05, 0) is 69.1 Å². The molecule has 3 rings (SSSR count). The van der Waals surface area contributed by atoms with Gasteiger partial charge in [-0.25, -0.2) is 9.59 Å². The predicted molar refractivity (Wildman–Crippen MR) is 135 cm³/mol. The van der Waals surface area contributed by atoms with Crippen molar-refractivity contribution in [1.82, 2.24) is 4.90 Å². The highest BCUT2D eigenvalue weighted by Crippen LogP contribution is 2.40. The third kappa shape index (κ3) is 6.35. The summed E-state index contributed by atoms with van der Waals surface area (Å²) in [6.07, 6.45) is 2.39. The fourth-order valence-corrected chi connectivity index (χ4v) is 5.26. The molecule has 1 aliphatic heterocycles. The molecule has 1 fully saturated rings. The van der Waals surface area contributed by atoms with Crippen LogP contribution in [0.1, 0.15) is 78.8 Å². The number of nitrogens with zero attached hydrogens (tertiary/aromatic N) is 1. The van der Waals surface area contributed by atoms with Crippen molar-refractivity contribution in [3.63, 3.8) is 0 Å². The SMILES string of the molecule is CC(C)[C@@H]1CC[C@@H](C)C[C@H]1OC(=O)C1=C(O)CCN(C(=O)OC(C)(C)C)[C@@H]1c1ccc(Br)cc1. The van der Waals surface area contributed by atoms with Crippen molar-refractivity contribution in [2.24, 2.45) is 17.8 Å². The van der Waals surface area contributed by atoms with E-state index in [-0.39, 0.29) is 36.3 Å². The molecule has 4 atom stereocenters. The highest BCUT2D eigenvalue weighted by molar-refractivity contribution is 9.10. The molecule has 0 unspecified atom stereocenters. The Morgan fingerprint density at radius 1 is 1.15 bits per heavy atom. The van der Waals surface area contributed by atoms with Crippen LogP contribution in [-0.2, 0) is 14.3 Å². The summed E-state index contributed by atoms with van der Waals surface area (Å²) in [5, 5.41) is 10.9. The molecular weight excluding hydrogens is 498 g/mol. The first kappa shape index (κ1) is 26.6. The molecule has 6 nitrogen and oxygen atoms in total. The van der Waals surface area contributed by atoms with Gasteiger partial charge in [0.1, 0.15) is 23.0 Å². The first-order valence-corrected chi connectivity index (χ1v) is 13.0. The monoisotopic (exact) mass is 535 g/mol. The van der Waals surface area contributed by atoms with E-state index < -0.39 is 23.7 Å². The van der Waals surface area contributed by atoms with Crippen molar-refractivity contribution in [3.8, 4) is 0 Å². The molecular formula is C27H38BrNO5. The summed E-state index contributed by atoms with van der Waals surface area (Å²) < 4.78 is 12.6. The number of hydrogen-bond acceptors (Lipinski definition) is 5. The third-order valence-electron chi connectivity index (χ3n) is 6.74. The molecule has 1 heterocycles. The summed E-state index contributed by atoms with van der Waals surface area (Å²) in [6, 6.07) is 6.61. The minimum atomic E-state index is -0.789. The summed E-state index contributed by atoms with van der Waals surface area (Å²) in [5.41, 5.74) is 0.151. The molecule has 0 radical (unpaired) electrons. The number of benzene rings is 1. The van der Waals surface area contributed by atoms with Gasteiger partial charge in [0.2, 0.25) is 0 Å². The Kier molecular flexibility index (Phi) is 8.38. The van der Waals surface area contributed by atoms with Gasteiger partial charge in [-0.1, -0.05) is 55.3 Å². The zero-order valence-electron chi connectivity index (χ0n) is 21.1. The zero-order valence-corrected chi connectivity index (χ0v) is 22.7. The van der Waals surface area contributed by atoms with Crippen LogP contribution in [-0.4, -0.2) is 40.3 Å². The van der Waals surface area contributed by atoms with Gasteiger partial charge in [0, 0.05) is 17.4 Å². The number of esters is 1. The molecule has 1 aromatic rings.